The van der Waals surface area contributed by atoms with Crippen LogP contribution in [-0.2, 0) is 23.9 Å². The van der Waals surface area contributed by atoms with Gasteiger partial charge in [0, 0.05) is 11.9 Å². The minimum atomic E-state index is -2.38. The maximum atomic E-state index is 12.7. The average Bonchev–Trinajstić information content (AvgIpc) is 3.19. The van der Waals surface area contributed by atoms with Crippen molar-refractivity contribution in [2.24, 2.45) is 0 Å². The molecule has 4 atom stereocenters. The second-order valence-corrected chi connectivity index (χ2v) is 9.14. The molecule has 2 heterocycles. The van der Waals surface area contributed by atoms with E-state index in [1.165, 1.54) is 22.8 Å². The van der Waals surface area contributed by atoms with Crippen LogP contribution in [0.1, 0.15) is 25.3 Å². The molecule has 0 aromatic carbocycles. The van der Waals surface area contributed by atoms with E-state index in [9.17, 15) is 34.5 Å². The lowest BCUT2D eigenvalue weighted by Crippen LogP contribution is -2.66. The fraction of sp³-hybridized carbons (Fsp3) is 0.500. The third-order valence-corrected chi connectivity index (χ3v) is 6.63. The van der Waals surface area contributed by atoms with Crippen LogP contribution in [0.3, 0.4) is 0 Å². The predicted octanol–water partition coefficient (Wildman–Crippen LogP) is 0.354. The number of thiophene rings is 1. The standard InChI is InChI=1S/C16H20N2O8S2/c1-15(2)9(12(22)23)17-13(28-15)16(26-3,14(24)25)18-10(19)8(11(20)21)7-4-5-27-6-7/h4-6,8-9,13,17H,1-3H3,(H,18,19)(H,20,21)(H,22,23)(H,24,25)/t8-,9+,13-,16-/m1/s1. The van der Waals surface area contributed by atoms with E-state index >= 15 is 0 Å². The van der Waals surface area contributed by atoms with Gasteiger partial charge in [0.25, 0.3) is 5.72 Å². The number of thioether (sulfide) groups is 1. The largest absolute Gasteiger partial charge is 0.480 e. The smallest absolute Gasteiger partial charge is 0.360 e. The van der Waals surface area contributed by atoms with Gasteiger partial charge in [-0.05, 0) is 36.2 Å². The number of amides is 1. The summed E-state index contributed by atoms with van der Waals surface area (Å²) in [4.78, 5) is 47.9. The Morgan fingerprint density at radius 1 is 1.29 bits per heavy atom. The van der Waals surface area contributed by atoms with Crippen molar-refractivity contribution in [3.05, 3.63) is 22.4 Å². The molecule has 0 aliphatic carbocycles. The number of rotatable bonds is 8. The Labute approximate surface area is 168 Å². The Morgan fingerprint density at radius 3 is 2.32 bits per heavy atom. The van der Waals surface area contributed by atoms with E-state index in [1.54, 1.807) is 19.2 Å². The molecule has 0 spiro atoms. The van der Waals surface area contributed by atoms with Crippen LogP contribution in [0.4, 0.5) is 0 Å². The molecule has 0 radical (unpaired) electrons. The van der Waals surface area contributed by atoms with Gasteiger partial charge in [0.1, 0.15) is 11.4 Å². The van der Waals surface area contributed by atoms with Gasteiger partial charge < -0.3 is 25.4 Å². The minimum absolute atomic E-state index is 0.196. The molecule has 2 rings (SSSR count). The van der Waals surface area contributed by atoms with Gasteiger partial charge in [0.15, 0.2) is 5.92 Å². The summed E-state index contributed by atoms with van der Waals surface area (Å²) >= 11 is 2.15. The molecule has 1 saturated heterocycles. The van der Waals surface area contributed by atoms with Crippen molar-refractivity contribution in [2.75, 3.05) is 7.11 Å². The highest BCUT2D eigenvalue weighted by Crippen LogP contribution is 2.42. The van der Waals surface area contributed by atoms with Crippen LogP contribution in [0, 0.1) is 0 Å². The fourth-order valence-electron chi connectivity index (χ4n) is 2.90. The lowest BCUT2D eigenvalue weighted by molar-refractivity contribution is -0.172. The van der Waals surface area contributed by atoms with Crippen LogP contribution in [0.25, 0.3) is 0 Å². The number of carboxylic acids is 3. The first-order valence-electron chi connectivity index (χ1n) is 7.98. The highest BCUT2D eigenvalue weighted by molar-refractivity contribution is 8.01. The SMILES string of the molecule is CO[C@@](NC(=O)[C@H](C(=O)O)c1ccsc1)(C(=O)O)[C@@H]1N[C@@H](C(=O)O)C(C)(C)S1. The first-order chi connectivity index (χ1) is 13.0. The topological polar surface area (TPSA) is 162 Å². The van der Waals surface area contributed by atoms with Crippen LogP contribution >= 0.6 is 23.1 Å². The lowest BCUT2D eigenvalue weighted by atomic mass is 10.00. The number of hydrogen-bond acceptors (Lipinski definition) is 8. The summed E-state index contributed by atoms with van der Waals surface area (Å²) in [7, 11) is 1.04. The quantitative estimate of drug-likeness (QED) is 0.286. The molecular weight excluding hydrogens is 412 g/mol. The molecule has 1 aromatic rings. The van der Waals surface area contributed by atoms with Crippen molar-refractivity contribution in [3.8, 4) is 0 Å². The Kier molecular flexibility index (Phi) is 6.38. The zero-order chi connectivity index (χ0) is 21.3. The van der Waals surface area contributed by atoms with Crippen LogP contribution in [0.15, 0.2) is 16.8 Å². The van der Waals surface area contributed by atoms with E-state index in [2.05, 4.69) is 10.6 Å². The summed E-state index contributed by atoms with van der Waals surface area (Å²) in [6.45, 7) is 3.22. The van der Waals surface area contributed by atoms with Crippen LogP contribution in [0.2, 0.25) is 0 Å². The van der Waals surface area contributed by atoms with Gasteiger partial charge in [0.05, 0.1) is 0 Å². The van der Waals surface area contributed by atoms with Gasteiger partial charge in [0.2, 0.25) is 5.91 Å². The van der Waals surface area contributed by atoms with Gasteiger partial charge in [-0.3, -0.25) is 19.7 Å². The van der Waals surface area contributed by atoms with Gasteiger partial charge >= 0.3 is 17.9 Å². The zero-order valence-electron chi connectivity index (χ0n) is 15.2. The van der Waals surface area contributed by atoms with Crippen molar-refractivity contribution < 1.29 is 39.2 Å². The molecule has 1 fully saturated rings. The lowest BCUT2D eigenvalue weighted by Gasteiger charge is -2.34. The van der Waals surface area contributed by atoms with E-state index in [-0.39, 0.29) is 5.56 Å². The molecule has 1 aliphatic rings. The summed E-state index contributed by atoms with van der Waals surface area (Å²) in [5.74, 6) is -6.97. The van der Waals surface area contributed by atoms with E-state index in [0.717, 1.165) is 18.9 Å². The number of carbonyl (C=O) groups is 4. The van der Waals surface area contributed by atoms with Crippen molar-refractivity contribution in [1.29, 1.82) is 0 Å². The van der Waals surface area contributed by atoms with E-state index in [4.69, 9.17) is 4.74 Å². The maximum Gasteiger partial charge on any atom is 0.360 e. The van der Waals surface area contributed by atoms with Crippen LogP contribution in [-0.4, -0.2) is 68.1 Å². The molecule has 1 aromatic heterocycles. The van der Waals surface area contributed by atoms with Gasteiger partial charge in [-0.15, -0.1) is 11.8 Å². The molecule has 10 nitrogen and oxygen atoms in total. The summed E-state index contributed by atoms with van der Waals surface area (Å²) in [5, 5.41) is 35.3. The number of nitrogens with one attached hydrogen (secondary N) is 2. The Morgan fingerprint density at radius 2 is 1.93 bits per heavy atom. The third-order valence-electron chi connectivity index (χ3n) is 4.39. The van der Waals surface area contributed by atoms with E-state index < -0.39 is 51.6 Å². The van der Waals surface area contributed by atoms with Crippen molar-refractivity contribution in [3.63, 3.8) is 0 Å². The molecule has 1 amide bonds. The van der Waals surface area contributed by atoms with Gasteiger partial charge in [-0.2, -0.15) is 11.3 Å². The van der Waals surface area contributed by atoms with Gasteiger partial charge in [-0.1, -0.05) is 0 Å². The molecular formula is C16H20N2O8S2. The molecule has 0 saturated carbocycles. The summed E-state index contributed by atoms with van der Waals surface area (Å²) in [6.07, 6.45) is 0. The number of methoxy groups -OCH3 is 1. The number of hydrogen-bond donors (Lipinski definition) is 5. The molecule has 28 heavy (non-hydrogen) atoms. The number of ether oxygens (including phenoxy) is 1. The number of carboxylic acid groups (broad SMARTS) is 3. The van der Waals surface area contributed by atoms with Crippen LogP contribution < -0.4 is 10.6 Å². The number of aliphatic carboxylic acids is 3. The maximum absolute atomic E-state index is 12.7. The average molecular weight is 432 g/mol. The summed E-state index contributed by atoms with van der Waals surface area (Å²) < 4.78 is 4.21. The highest BCUT2D eigenvalue weighted by atomic mass is 32.2. The Balaban J connectivity index is 2.38. The monoisotopic (exact) mass is 432 g/mol. The Hall–Kier alpha value is -2.15. The molecule has 0 bridgehead atoms. The van der Waals surface area contributed by atoms with Crippen molar-refractivity contribution in [1.82, 2.24) is 10.6 Å². The highest BCUT2D eigenvalue weighted by Gasteiger charge is 2.58. The predicted molar refractivity (Wildman–Crippen MR) is 100 cm³/mol. The molecule has 154 valence electrons. The zero-order valence-corrected chi connectivity index (χ0v) is 16.8. The van der Waals surface area contributed by atoms with E-state index in [0.29, 0.717) is 0 Å². The molecule has 12 heteroatoms. The van der Waals surface area contributed by atoms with Gasteiger partial charge in [-0.25, -0.2) is 4.79 Å². The summed E-state index contributed by atoms with van der Waals surface area (Å²) in [5.41, 5.74) is -2.19. The molecule has 1 aliphatic heterocycles. The first kappa shape index (κ1) is 22.1. The molecule has 0 unspecified atom stereocenters. The summed E-state index contributed by atoms with van der Waals surface area (Å²) in [6, 6.07) is 0.338. The fourth-order valence-corrected chi connectivity index (χ4v) is 5.13. The normalized spacial score (nSPS) is 24.1. The van der Waals surface area contributed by atoms with Crippen LogP contribution in [0.5, 0.6) is 0 Å². The Bertz CT molecular complexity index is 782. The number of carbonyl (C=O) groups excluding carboxylic acids is 1. The van der Waals surface area contributed by atoms with Crippen molar-refractivity contribution >= 4 is 46.9 Å². The second-order valence-electron chi connectivity index (χ2n) is 6.60. The van der Waals surface area contributed by atoms with Crippen molar-refractivity contribution in [2.45, 2.75) is 41.7 Å². The second kappa shape index (κ2) is 8.07. The minimum Gasteiger partial charge on any atom is -0.480 e. The molecule has 5 N–H and O–H groups in total. The third kappa shape index (κ3) is 3.99. The van der Waals surface area contributed by atoms with E-state index in [1.807, 2.05) is 0 Å². The first-order valence-corrected chi connectivity index (χ1v) is 9.80.